The molecule has 3 heteroatoms. The van der Waals surface area contributed by atoms with Crippen molar-refractivity contribution in [2.45, 2.75) is 59.9 Å². The third-order valence-corrected chi connectivity index (χ3v) is 3.91. The van der Waals surface area contributed by atoms with E-state index in [0.717, 1.165) is 6.54 Å². The van der Waals surface area contributed by atoms with Gasteiger partial charge in [0.2, 0.25) is 0 Å². The number of hydrogen-bond acceptors (Lipinski definition) is 3. The van der Waals surface area contributed by atoms with Crippen molar-refractivity contribution in [2.75, 3.05) is 45.8 Å². The highest BCUT2D eigenvalue weighted by molar-refractivity contribution is 4.65. The Kier molecular flexibility index (Phi) is 12.8. The fourth-order valence-electron chi connectivity index (χ4n) is 2.35. The zero-order valence-electron chi connectivity index (χ0n) is 14.0. The van der Waals surface area contributed by atoms with Crippen LogP contribution in [0.3, 0.4) is 0 Å². The molecule has 3 nitrogen and oxygen atoms in total. The van der Waals surface area contributed by atoms with Gasteiger partial charge in [-0.1, -0.05) is 27.7 Å². The third-order valence-electron chi connectivity index (χ3n) is 3.91. The van der Waals surface area contributed by atoms with Gasteiger partial charge in [0.25, 0.3) is 0 Å². The smallest absolute Gasteiger partial charge is 0.00508 e. The lowest BCUT2D eigenvalue weighted by Crippen LogP contribution is -2.34. The van der Waals surface area contributed by atoms with Crippen molar-refractivity contribution >= 4 is 0 Å². The molecule has 116 valence electrons. The van der Waals surface area contributed by atoms with E-state index in [1.165, 1.54) is 58.5 Å². The van der Waals surface area contributed by atoms with Crippen LogP contribution in [0.15, 0.2) is 0 Å². The zero-order valence-corrected chi connectivity index (χ0v) is 14.0. The summed E-state index contributed by atoms with van der Waals surface area (Å²) in [5, 5.41) is 3.57. The summed E-state index contributed by atoms with van der Waals surface area (Å²) in [6.07, 6.45) is 3.79. The number of nitrogens with one attached hydrogen (secondary N) is 1. The molecule has 0 aliphatic heterocycles. The van der Waals surface area contributed by atoms with E-state index < -0.39 is 0 Å². The minimum atomic E-state index is 0.650. The Hall–Kier alpha value is -0.120. The topological polar surface area (TPSA) is 18.5 Å². The molecule has 0 bridgehead atoms. The van der Waals surface area contributed by atoms with Crippen LogP contribution in [0, 0.1) is 0 Å². The summed E-state index contributed by atoms with van der Waals surface area (Å²) in [4.78, 5) is 5.10. The lowest BCUT2D eigenvalue weighted by Gasteiger charge is -2.24. The molecule has 0 heterocycles. The zero-order chi connectivity index (χ0) is 14.5. The summed E-state index contributed by atoms with van der Waals surface area (Å²) >= 11 is 0. The quantitative estimate of drug-likeness (QED) is 0.556. The van der Waals surface area contributed by atoms with Crippen LogP contribution < -0.4 is 5.32 Å². The van der Waals surface area contributed by atoms with Gasteiger partial charge in [-0.2, -0.15) is 0 Å². The SMILES string of the molecule is CCCNC(C)CCN(CC)CCCN(CC)CC. The monoisotopic (exact) mass is 271 g/mol. The molecule has 0 aromatic carbocycles. The van der Waals surface area contributed by atoms with E-state index in [2.05, 4.69) is 49.7 Å². The van der Waals surface area contributed by atoms with Gasteiger partial charge in [-0.15, -0.1) is 0 Å². The average molecular weight is 271 g/mol. The Labute approximate surface area is 121 Å². The minimum absolute atomic E-state index is 0.650. The van der Waals surface area contributed by atoms with Gasteiger partial charge < -0.3 is 15.1 Å². The van der Waals surface area contributed by atoms with Gasteiger partial charge in [0.05, 0.1) is 0 Å². The molecular weight excluding hydrogens is 234 g/mol. The van der Waals surface area contributed by atoms with Gasteiger partial charge in [-0.25, -0.2) is 0 Å². The molecule has 19 heavy (non-hydrogen) atoms. The van der Waals surface area contributed by atoms with Crippen molar-refractivity contribution in [2.24, 2.45) is 0 Å². The van der Waals surface area contributed by atoms with E-state index in [-0.39, 0.29) is 0 Å². The molecule has 0 radical (unpaired) electrons. The maximum atomic E-state index is 3.57. The molecule has 0 rings (SSSR count). The second-order valence-corrected chi connectivity index (χ2v) is 5.46. The summed E-state index contributed by atoms with van der Waals surface area (Å²) in [5.41, 5.74) is 0. The normalized spacial score (nSPS) is 13.4. The van der Waals surface area contributed by atoms with Gasteiger partial charge in [0.15, 0.2) is 0 Å². The Balaban J connectivity index is 3.70. The first-order valence-electron chi connectivity index (χ1n) is 8.35. The third kappa shape index (κ3) is 10.3. The van der Waals surface area contributed by atoms with Crippen LogP contribution >= 0.6 is 0 Å². The standard InChI is InChI=1S/C16H37N3/c1-6-12-17-16(5)11-15-19(9-4)14-10-13-18(7-2)8-3/h16-17H,6-15H2,1-5H3. The lowest BCUT2D eigenvalue weighted by molar-refractivity contribution is 0.236. The van der Waals surface area contributed by atoms with E-state index in [9.17, 15) is 0 Å². The van der Waals surface area contributed by atoms with Crippen LogP contribution in [0.25, 0.3) is 0 Å². The largest absolute Gasteiger partial charge is 0.314 e. The summed E-state index contributed by atoms with van der Waals surface area (Å²) in [6, 6.07) is 0.650. The van der Waals surface area contributed by atoms with Crippen molar-refractivity contribution in [1.82, 2.24) is 15.1 Å². The first-order chi connectivity index (χ1) is 9.17. The minimum Gasteiger partial charge on any atom is -0.314 e. The van der Waals surface area contributed by atoms with E-state index in [1.807, 2.05) is 0 Å². The molecular formula is C16H37N3. The Morgan fingerprint density at radius 2 is 1.42 bits per heavy atom. The Morgan fingerprint density at radius 1 is 0.842 bits per heavy atom. The number of nitrogens with zero attached hydrogens (tertiary/aromatic N) is 2. The summed E-state index contributed by atoms with van der Waals surface area (Å²) in [5.74, 6) is 0. The van der Waals surface area contributed by atoms with Crippen LogP contribution in [-0.4, -0.2) is 61.7 Å². The highest BCUT2D eigenvalue weighted by Crippen LogP contribution is 1.99. The molecule has 0 aliphatic carbocycles. The van der Waals surface area contributed by atoms with E-state index >= 15 is 0 Å². The molecule has 0 amide bonds. The van der Waals surface area contributed by atoms with Crippen molar-refractivity contribution < 1.29 is 0 Å². The van der Waals surface area contributed by atoms with Gasteiger partial charge in [-0.05, 0) is 72.0 Å². The van der Waals surface area contributed by atoms with Gasteiger partial charge in [-0.3, -0.25) is 0 Å². The molecule has 1 atom stereocenters. The van der Waals surface area contributed by atoms with Gasteiger partial charge in [0, 0.05) is 6.04 Å². The predicted octanol–water partition coefficient (Wildman–Crippen LogP) is 2.82. The van der Waals surface area contributed by atoms with Gasteiger partial charge >= 0.3 is 0 Å². The first-order valence-corrected chi connectivity index (χ1v) is 8.35. The molecule has 0 saturated heterocycles. The van der Waals surface area contributed by atoms with Crippen LogP contribution in [0.2, 0.25) is 0 Å². The molecule has 1 unspecified atom stereocenters. The molecule has 0 aromatic heterocycles. The first kappa shape index (κ1) is 18.9. The van der Waals surface area contributed by atoms with E-state index in [4.69, 9.17) is 0 Å². The summed E-state index contributed by atoms with van der Waals surface area (Å²) in [7, 11) is 0. The Morgan fingerprint density at radius 3 is 1.95 bits per heavy atom. The second-order valence-electron chi connectivity index (χ2n) is 5.46. The lowest BCUT2D eigenvalue weighted by atomic mass is 10.2. The van der Waals surface area contributed by atoms with E-state index in [1.54, 1.807) is 0 Å². The Bertz CT molecular complexity index is 181. The van der Waals surface area contributed by atoms with Gasteiger partial charge in [0.1, 0.15) is 0 Å². The van der Waals surface area contributed by atoms with Crippen LogP contribution in [0.4, 0.5) is 0 Å². The van der Waals surface area contributed by atoms with Crippen molar-refractivity contribution in [3.63, 3.8) is 0 Å². The van der Waals surface area contributed by atoms with Crippen molar-refractivity contribution in [3.8, 4) is 0 Å². The maximum Gasteiger partial charge on any atom is 0.00508 e. The van der Waals surface area contributed by atoms with E-state index in [0.29, 0.717) is 6.04 Å². The highest BCUT2D eigenvalue weighted by Gasteiger charge is 2.06. The number of hydrogen-bond donors (Lipinski definition) is 1. The molecule has 0 saturated carbocycles. The van der Waals surface area contributed by atoms with Crippen molar-refractivity contribution in [1.29, 1.82) is 0 Å². The van der Waals surface area contributed by atoms with Crippen LogP contribution in [-0.2, 0) is 0 Å². The predicted molar refractivity (Wildman–Crippen MR) is 86.9 cm³/mol. The molecule has 0 spiro atoms. The second kappa shape index (κ2) is 12.9. The van der Waals surface area contributed by atoms with Crippen molar-refractivity contribution in [3.05, 3.63) is 0 Å². The maximum absolute atomic E-state index is 3.57. The molecule has 0 aliphatic rings. The average Bonchev–Trinajstić information content (AvgIpc) is 2.44. The molecule has 1 N–H and O–H groups in total. The highest BCUT2D eigenvalue weighted by atomic mass is 15.1. The molecule has 0 aromatic rings. The summed E-state index contributed by atoms with van der Waals surface area (Å²) < 4.78 is 0. The fraction of sp³-hybridized carbons (Fsp3) is 1.00. The van der Waals surface area contributed by atoms with Crippen LogP contribution in [0.5, 0.6) is 0 Å². The fourth-order valence-corrected chi connectivity index (χ4v) is 2.35. The summed E-state index contributed by atoms with van der Waals surface area (Å²) in [6.45, 7) is 19.7. The number of rotatable bonds is 13. The van der Waals surface area contributed by atoms with Crippen LogP contribution in [0.1, 0.15) is 53.9 Å². The molecule has 0 fully saturated rings.